The Morgan fingerprint density at radius 3 is 2.36 bits per heavy atom. The molecule has 3 amide bonds. The van der Waals surface area contributed by atoms with Gasteiger partial charge >= 0.3 is 0 Å². The lowest BCUT2D eigenvalue weighted by atomic mass is 10.2. The van der Waals surface area contributed by atoms with E-state index in [9.17, 15) is 14.4 Å². The maximum atomic E-state index is 12.4. The molecule has 0 atom stereocenters. The zero-order chi connectivity index (χ0) is 23.8. The Balaban J connectivity index is 1.47. The van der Waals surface area contributed by atoms with Crippen molar-refractivity contribution in [1.82, 2.24) is 4.98 Å². The molecule has 0 saturated carbocycles. The monoisotopic (exact) mass is 484 g/mol. The van der Waals surface area contributed by atoms with Crippen molar-refractivity contribution < 1.29 is 19.1 Å². The average molecular weight is 485 g/mol. The number of amides is 3. The van der Waals surface area contributed by atoms with Gasteiger partial charge in [-0.2, -0.15) is 0 Å². The standard InChI is InChI=1S/C23H24N4O4S2/c1-14-4-9-20(31-3)19(10-14)27-21(29)11-18-12-32-23(26-18)33-13-22(30)25-17-7-5-16(6-8-17)24-15(2)28/h4-10,12H,11,13H2,1-3H3,(H,24,28)(H,25,30)(H,27,29). The van der Waals surface area contributed by atoms with E-state index >= 15 is 0 Å². The quantitative estimate of drug-likeness (QED) is 0.390. The molecular formula is C23H24N4O4S2. The number of hydrogen-bond acceptors (Lipinski definition) is 7. The predicted octanol–water partition coefficient (Wildman–Crippen LogP) is 4.33. The second-order valence-corrected chi connectivity index (χ2v) is 9.21. The highest BCUT2D eigenvalue weighted by Crippen LogP contribution is 2.26. The first-order valence-electron chi connectivity index (χ1n) is 10.0. The van der Waals surface area contributed by atoms with Gasteiger partial charge < -0.3 is 20.7 Å². The molecule has 0 saturated heterocycles. The smallest absolute Gasteiger partial charge is 0.234 e. The highest BCUT2D eigenvalue weighted by Gasteiger charge is 2.12. The van der Waals surface area contributed by atoms with Gasteiger partial charge in [0.2, 0.25) is 17.7 Å². The van der Waals surface area contributed by atoms with Crippen molar-refractivity contribution in [3.63, 3.8) is 0 Å². The minimum absolute atomic E-state index is 0.126. The van der Waals surface area contributed by atoms with E-state index in [4.69, 9.17) is 4.74 Å². The van der Waals surface area contributed by atoms with Gasteiger partial charge in [-0.1, -0.05) is 17.8 Å². The van der Waals surface area contributed by atoms with Crippen molar-refractivity contribution in [3.8, 4) is 5.75 Å². The minimum Gasteiger partial charge on any atom is -0.495 e. The van der Waals surface area contributed by atoms with E-state index in [1.54, 1.807) is 31.4 Å². The number of carbonyl (C=O) groups excluding carboxylic acids is 3. The van der Waals surface area contributed by atoms with Crippen molar-refractivity contribution >= 4 is 57.9 Å². The van der Waals surface area contributed by atoms with Crippen LogP contribution in [0.15, 0.2) is 52.2 Å². The second-order valence-electron chi connectivity index (χ2n) is 7.13. The van der Waals surface area contributed by atoms with Gasteiger partial charge in [0.05, 0.1) is 30.7 Å². The Kier molecular flexibility index (Phi) is 8.45. The molecule has 172 valence electrons. The van der Waals surface area contributed by atoms with Gasteiger partial charge in [0.1, 0.15) is 5.75 Å². The molecule has 1 heterocycles. The summed E-state index contributed by atoms with van der Waals surface area (Å²) in [6.45, 7) is 3.38. The van der Waals surface area contributed by atoms with Crippen LogP contribution < -0.4 is 20.7 Å². The van der Waals surface area contributed by atoms with E-state index < -0.39 is 0 Å². The Morgan fingerprint density at radius 1 is 1.00 bits per heavy atom. The van der Waals surface area contributed by atoms with Gasteiger partial charge in [-0.05, 0) is 48.9 Å². The summed E-state index contributed by atoms with van der Waals surface area (Å²) in [7, 11) is 1.56. The van der Waals surface area contributed by atoms with Crippen LogP contribution in [-0.4, -0.2) is 35.6 Å². The summed E-state index contributed by atoms with van der Waals surface area (Å²) < 4.78 is 6.00. The molecular weight excluding hydrogens is 460 g/mol. The number of nitrogens with one attached hydrogen (secondary N) is 3. The van der Waals surface area contributed by atoms with Crippen LogP contribution in [0.3, 0.4) is 0 Å². The molecule has 1 aromatic heterocycles. The Labute approximate surface area is 200 Å². The number of nitrogens with zero attached hydrogens (tertiary/aromatic N) is 1. The summed E-state index contributed by atoms with van der Waals surface area (Å²) in [5.74, 6) is 0.264. The number of thiazole rings is 1. The molecule has 0 bridgehead atoms. The number of ether oxygens (including phenoxy) is 1. The number of carbonyl (C=O) groups is 3. The molecule has 0 aliphatic heterocycles. The van der Waals surface area contributed by atoms with Crippen molar-refractivity contribution in [2.75, 3.05) is 28.8 Å². The molecule has 0 spiro atoms. The molecule has 0 fully saturated rings. The van der Waals surface area contributed by atoms with Crippen LogP contribution in [0.1, 0.15) is 18.2 Å². The maximum absolute atomic E-state index is 12.4. The predicted molar refractivity (Wildman–Crippen MR) is 132 cm³/mol. The summed E-state index contributed by atoms with van der Waals surface area (Å²) in [5, 5.41) is 10.1. The third kappa shape index (κ3) is 7.62. The summed E-state index contributed by atoms with van der Waals surface area (Å²) in [6, 6.07) is 12.4. The van der Waals surface area contributed by atoms with Crippen LogP contribution in [0.4, 0.5) is 17.1 Å². The number of hydrogen-bond donors (Lipinski definition) is 3. The number of anilines is 3. The molecule has 33 heavy (non-hydrogen) atoms. The number of rotatable bonds is 9. The van der Waals surface area contributed by atoms with Gasteiger partial charge in [0, 0.05) is 23.7 Å². The number of thioether (sulfide) groups is 1. The third-order valence-electron chi connectivity index (χ3n) is 4.32. The van der Waals surface area contributed by atoms with Gasteiger partial charge in [-0.15, -0.1) is 11.3 Å². The van der Waals surface area contributed by atoms with Crippen molar-refractivity contribution in [3.05, 3.63) is 59.1 Å². The fourth-order valence-electron chi connectivity index (χ4n) is 2.88. The largest absolute Gasteiger partial charge is 0.495 e. The zero-order valence-electron chi connectivity index (χ0n) is 18.4. The molecule has 3 N–H and O–H groups in total. The van der Waals surface area contributed by atoms with Crippen LogP contribution in [0.25, 0.3) is 0 Å². The van der Waals surface area contributed by atoms with Crippen LogP contribution in [-0.2, 0) is 20.8 Å². The van der Waals surface area contributed by atoms with Crippen LogP contribution in [0.5, 0.6) is 5.75 Å². The molecule has 0 aliphatic rings. The maximum Gasteiger partial charge on any atom is 0.234 e. The summed E-state index contributed by atoms with van der Waals surface area (Å²) in [5.41, 5.74) is 3.57. The van der Waals surface area contributed by atoms with E-state index in [2.05, 4.69) is 20.9 Å². The SMILES string of the molecule is COc1ccc(C)cc1NC(=O)Cc1csc(SCC(=O)Nc2ccc(NC(C)=O)cc2)n1. The molecule has 3 aromatic rings. The van der Waals surface area contributed by atoms with E-state index in [0.717, 1.165) is 5.56 Å². The van der Waals surface area contributed by atoms with Crippen LogP contribution >= 0.6 is 23.1 Å². The molecule has 0 unspecified atom stereocenters. The topological polar surface area (TPSA) is 109 Å². The van der Waals surface area contributed by atoms with Crippen molar-refractivity contribution in [1.29, 1.82) is 0 Å². The highest BCUT2D eigenvalue weighted by molar-refractivity contribution is 8.01. The highest BCUT2D eigenvalue weighted by atomic mass is 32.2. The van der Waals surface area contributed by atoms with Crippen LogP contribution in [0.2, 0.25) is 0 Å². The van der Waals surface area contributed by atoms with Gasteiger partial charge in [0.25, 0.3) is 0 Å². The lowest BCUT2D eigenvalue weighted by Gasteiger charge is -2.10. The number of aromatic nitrogens is 1. The third-order valence-corrected chi connectivity index (χ3v) is 6.39. The molecule has 3 rings (SSSR count). The van der Waals surface area contributed by atoms with Crippen molar-refractivity contribution in [2.24, 2.45) is 0 Å². The van der Waals surface area contributed by atoms with E-state index in [-0.39, 0.29) is 29.9 Å². The lowest BCUT2D eigenvalue weighted by molar-refractivity contribution is -0.116. The zero-order valence-corrected chi connectivity index (χ0v) is 20.1. The number of methoxy groups -OCH3 is 1. The Bertz CT molecular complexity index is 1150. The fourth-order valence-corrected chi connectivity index (χ4v) is 4.52. The average Bonchev–Trinajstić information content (AvgIpc) is 3.20. The molecule has 8 nitrogen and oxygen atoms in total. The number of aryl methyl sites for hydroxylation is 1. The Hall–Kier alpha value is -3.37. The summed E-state index contributed by atoms with van der Waals surface area (Å²) in [6.07, 6.45) is 0.126. The first kappa shape index (κ1) is 24.3. The van der Waals surface area contributed by atoms with Crippen LogP contribution in [0, 0.1) is 6.92 Å². The lowest BCUT2D eigenvalue weighted by Crippen LogP contribution is -2.15. The first-order valence-corrected chi connectivity index (χ1v) is 11.9. The van der Waals surface area contributed by atoms with Gasteiger partial charge in [0.15, 0.2) is 4.34 Å². The minimum atomic E-state index is -0.193. The molecule has 2 aromatic carbocycles. The second kappa shape index (κ2) is 11.5. The molecule has 0 radical (unpaired) electrons. The van der Waals surface area contributed by atoms with Gasteiger partial charge in [-0.25, -0.2) is 4.98 Å². The molecule has 10 heteroatoms. The Morgan fingerprint density at radius 2 is 1.70 bits per heavy atom. The van der Waals surface area contributed by atoms with E-state index in [1.165, 1.54) is 30.0 Å². The van der Waals surface area contributed by atoms with Gasteiger partial charge in [-0.3, -0.25) is 14.4 Å². The fraction of sp³-hybridized carbons (Fsp3) is 0.217. The number of benzene rings is 2. The van der Waals surface area contributed by atoms with E-state index in [0.29, 0.717) is 32.8 Å². The van der Waals surface area contributed by atoms with Crippen molar-refractivity contribution in [2.45, 2.75) is 24.6 Å². The van der Waals surface area contributed by atoms with E-state index in [1.807, 2.05) is 30.5 Å². The summed E-state index contributed by atoms with van der Waals surface area (Å²) in [4.78, 5) is 40.2. The summed E-state index contributed by atoms with van der Waals surface area (Å²) >= 11 is 2.70. The normalized spacial score (nSPS) is 10.4. The first-order chi connectivity index (χ1) is 15.8. The molecule has 0 aliphatic carbocycles.